The van der Waals surface area contributed by atoms with E-state index in [1.165, 1.54) is 22.6 Å². The zero-order valence-electron chi connectivity index (χ0n) is 11.9. The molecule has 0 aliphatic rings. The Morgan fingerprint density at radius 3 is 2.52 bits per heavy atom. The van der Waals surface area contributed by atoms with Crippen molar-refractivity contribution in [3.8, 4) is 0 Å². The third-order valence-corrected chi connectivity index (χ3v) is 5.00. The van der Waals surface area contributed by atoms with Crippen molar-refractivity contribution in [2.75, 3.05) is 0 Å². The number of H-pyrrole nitrogens is 1. The summed E-state index contributed by atoms with van der Waals surface area (Å²) >= 11 is 0. The molecule has 0 spiro atoms. The van der Waals surface area contributed by atoms with Crippen LogP contribution in [0, 0.1) is 0 Å². The van der Waals surface area contributed by atoms with Crippen molar-refractivity contribution in [2.45, 2.75) is 31.3 Å². The first-order valence-electron chi connectivity index (χ1n) is 6.52. The fraction of sp³-hybridized carbons (Fsp3) is 0.286. The Morgan fingerprint density at radius 2 is 2.00 bits per heavy atom. The maximum Gasteiger partial charge on any atom is 0.247 e. The fourth-order valence-corrected chi connectivity index (χ4v) is 3.46. The molecule has 0 amide bonds. The summed E-state index contributed by atoms with van der Waals surface area (Å²) in [6, 6.07) is 7.64. The van der Waals surface area contributed by atoms with Crippen LogP contribution in [0.5, 0.6) is 0 Å². The van der Waals surface area contributed by atoms with Crippen LogP contribution in [0.3, 0.4) is 0 Å². The van der Waals surface area contributed by atoms with Crippen molar-refractivity contribution >= 4 is 10.0 Å². The molecule has 0 fully saturated rings. The molecule has 0 atom stereocenters. The number of rotatable bonds is 5. The van der Waals surface area contributed by atoms with Crippen LogP contribution in [0.4, 0.5) is 0 Å². The number of aromatic nitrogens is 2. The van der Waals surface area contributed by atoms with E-state index in [2.05, 4.69) is 9.97 Å². The molecule has 0 aliphatic carbocycles. The predicted molar refractivity (Wildman–Crippen MR) is 79.2 cm³/mol. The Bertz CT molecular complexity index is 734. The van der Waals surface area contributed by atoms with Gasteiger partial charge in [-0.15, -0.1) is 0 Å². The van der Waals surface area contributed by atoms with Gasteiger partial charge in [0.25, 0.3) is 0 Å². The minimum atomic E-state index is -3.69. The summed E-state index contributed by atoms with van der Waals surface area (Å²) in [5.41, 5.74) is 0.328. The molecule has 0 saturated carbocycles. The van der Waals surface area contributed by atoms with E-state index in [0.717, 1.165) is 0 Å². The second kappa shape index (κ2) is 6.19. The number of hydrogen-bond donors (Lipinski definition) is 1. The van der Waals surface area contributed by atoms with Gasteiger partial charge in [-0.1, -0.05) is 6.07 Å². The van der Waals surface area contributed by atoms with Gasteiger partial charge in [0.2, 0.25) is 15.6 Å². The molecule has 0 radical (unpaired) electrons. The zero-order valence-corrected chi connectivity index (χ0v) is 12.7. The van der Waals surface area contributed by atoms with Crippen LogP contribution < -0.4 is 5.56 Å². The van der Waals surface area contributed by atoms with Crippen molar-refractivity contribution in [2.24, 2.45) is 0 Å². The van der Waals surface area contributed by atoms with Crippen molar-refractivity contribution in [1.29, 1.82) is 0 Å². The molecule has 0 aliphatic heterocycles. The molecule has 0 bridgehead atoms. The molecule has 1 N–H and O–H groups in total. The molecular formula is C14H17N3O3S. The van der Waals surface area contributed by atoms with Crippen molar-refractivity contribution in [3.63, 3.8) is 0 Å². The smallest absolute Gasteiger partial charge is 0.247 e. The van der Waals surface area contributed by atoms with E-state index < -0.39 is 10.0 Å². The van der Waals surface area contributed by atoms with Crippen LogP contribution in [0.25, 0.3) is 0 Å². The molecular weight excluding hydrogens is 290 g/mol. The highest BCUT2D eigenvalue weighted by Gasteiger charge is 2.27. The lowest BCUT2D eigenvalue weighted by Crippen LogP contribution is -2.36. The summed E-state index contributed by atoms with van der Waals surface area (Å²) in [4.78, 5) is 17.7. The predicted octanol–water partition coefficient (Wildman–Crippen LogP) is 1.37. The largest absolute Gasteiger partial charge is 0.328 e. The monoisotopic (exact) mass is 307 g/mol. The van der Waals surface area contributed by atoms with E-state index in [0.29, 0.717) is 5.69 Å². The van der Waals surface area contributed by atoms with Crippen LogP contribution in [0.15, 0.2) is 52.4 Å². The number of nitrogens with zero attached hydrogens (tertiary/aromatic N) is 2. The van der Waals surface area contributed by atoms with E-state index >= 15 is 0 Å². The number of hydrogen-bond acceptors (Lipinski definition) is 4. The highest BCUT2D eigenvalue weighted by atomic mass is 32.2. The van der Waals surface area contributed by atoms with Crippen LogP contribution >= 0.6 is 0 Å². The summed E-state index contributed by atoms with van der Waals surface area (Å²) in [6.45, 7) is 3.78. The van der Waals surface area contributed by atoms with Gasteiger partial charge in [-0.25, -0.2) is 8.42 Å². The zero-order chi connectivity index (χ0) is 15.5. The van der Waals surface area contributed by atoms with Gasteiger partial charge in [-0.2, -0.15) is 4.31 Å². The van der Waals surface area contributed by atoms with Crippen LogP contribution in [0.2, 0.25) is 0 Å². The van der Waals surface area contributed by atoms with Gasteiger partial charge in [-0.3, -0.25) is 9.78 Å². The minimum absolute atomic E-state index is 0.0618. The highest BCUT2D eigenvalue weighted by Crippen LogP contribution is 2.19. The first-order chi connectivity index (χ1) is 9.91. The topological polar surface area (TPSA) is 83.1 Å². The summed E-state index contributed by atoms with van der Waals surface area (Å²) in [5.74, 6) is 0. The molecule has 6 nitrogen and oxygen atoms in total. The number of nitrogens with one attached hydrogen (secondary N) is 1. The highest BCUT2D eigenvalue weighted by molar-refractivity contribution is 7.89. The van der Waals surface area contributed by atoms with Crippen molar-refractivity contribution in [3.05, 3.63) is 58.8 Å². The van der Waals surface area contributed by atoms with E-state index in [1.807, 2.05) is 6.07 Å². The maximum atomic E-state index is 12.7. The second-order valence-electron chi connectivity index (χ2n) is 4.85. The van der Waals surface area contributed by atoms with Gasteiger partial charge in [-0.05, 0) is 32.0 Å². The van der Waals surface area contributed by atoms with E-state index in [9.17, 15) is 13.2 Å². The Morgan fingerprint density at radius 1 is 1.24 bits per heavy atom. The number of pyridine rings is 2. The molecule has 0 saturated heterocycles. The van der Waals surface area contributed by atoms with Gasteiger partial charge in [0.15, 0.2) is 0 Å². The normalized spacial score (nSPS) is 12.0. The van der Waals surface area contributed by atoms with E-state index in [1.54, 1.807) is 32.2 Å². The molecule has 2 aromatic heterocycles. The molecule has 112 valence electrons. The summed E-state index contributed by atoms with van der Waals surface area (Å²) < 4.78 is 26.7. The molecule has 21 heavy (non-hydrogen) atoms. The summed E-state index contributed by atoms with van der Waals surface area (Å²) in [6.07, 6.45) is 2.84. The quantitative estimate of drug-likeness (QED) is 0.904. The van der Waals surface area contributed by atoms with Gasteiger partial charge in [0.05, 0.1) is 17.1 Å². The van der Waals surface area contributed by atoms with E-state index in [-0.39, 0.29) is 23.0 Å². The average molecular weight is 307 g/mol. The number of aromatic amines is 1. The van der Waals surface area contributed by atoms with E-state index in [4.69, 9.17) is 0 Å². The third-order valence-electron chi connectivity index (χ3n) is 2.98. The van der Waals surface area contributed by atoms with Crippen molar-refractivity contribution in [1.82, 2.24) is 14.3 Å². The minimum Gasteiger partial charge on any atom is -0.328 e. The molecule has 2 heterocycles. The Balaban J connectivity index is 2.37. The van der Waals surface area contributed by atoms with Gasteiger partial charge in [0.1, 0.15) is 0 Å². The third kappa shape index (κ3) is 3.56. The van der Waals surface area contributed by atoms with Crippen LogP contribution in [0.1, 0.15) is 19.5 Å². The van der Waals surface area contributed by atoms with Crippen LogP contribution in [-0.2, 0) is 16.6 Å². The fourth-order valence-electron chi connectivity index (χ4n) is 1.89. The standard InChI is InChI=1S/C14H17N3O3S/c1-11(2)17(10-12-5-3-4-8-15-12)21(19,20)13-6-7-14(18)16-9-13/h3-9,11H,10H2,1-2H3,(H,16,18). The first-order valence-corrected chi connectivity index (χ1v) is 7.96. The SMILES string of the molecule is CC(C)N(Cc1ccccn1)S(=O)(=O)c1ccc(=O)[nH]c1. The molecule has 2 rings (SSSR count). The maximum absolute atomic E-state index is 12.7. The Hall–Kier alpha value is -1.99. The molecule has 7 heteroatoms. The van der Waals surface area contributed by atoms with Gasteiger partial charge < -0.3 is 4.98 Å². The van der Waals surface area contributed by atoms with Crippen LogP contribution in [-0.4, -0.2) is 28.7 Å². The molecule has 0 aromatic carbocycles. The second-order valence-corrected chi connectivity index (χ2v) is 6.74. The number of sulfonamides is 1. The average Bonchev–Trinajstić information content (AvgIpc) is 2.46. The summed E-state index contributed by atoms with van der Waals surface area (Å²) in [5, 5.41) is 0. The van der Waals surface area contributed by atoms with Crippen molar-refractivity contribution < 1.29 is 8.42 Å². The molecule has 0 unspecified atom stereocenters. The Kier molecular flexibility index (Phi) is 4.54. The molecule has 2 aromatic rings. The summed E-state index contributed by atoms with van der Waals surface area (Å²) in [7, 11) is -3.69. The lowest BCUT2D eigenvalue weighted by molar-refractivity contribution is 0.344. The Labute approximate surface area is 123 Å². The lowest BCUT2D eigenvalue weighted by atomic mass is 10.3. The van der Waals surface area contributed by atoms with Gasteiger partial charge in [0, 0.05) is 24.5 Å². The lowest BCUT2D eigenvalue weighted by Gasteiger charge is -2.25. The van der Waals surface area contributed by atoms with Gasteiger partial charge >= 0.3 is 0 Å². The first kappa shape index (κ1) is 15.4.